The molecule has 1 rings (SSSR count). The molecule has 15 heavy (non-hydrogen) atoms. The minimum atomic E-state index is -0.440. The number of carbonyl (C=O) groups is 2. The van der Waals surface area contributed by atoms with E-state index in [4.69, 9.17) is 5.21 Å². The Morgan fingerprint density at radius 1 is 1.20 bits per heavy atom. The second-order valence-corrected chi connectivity index (χ2v) is 3.65. The van der Waals surface area contributed by atoms with Gasteiger partial charge in [-0.25, -0.2) is 5.48 Å². The summed E-state index contributed by atoms with van der Waals surface area (Å²) < 4.78 is 0.998. The number of carbonyl (C=O) groups excluding carboxylic acids is 2. The van der Waals surface area contributed by atoms with Crippen LogP contribution in [0.15, 0.2) is 28.7 Å². The molecule has 0 spiro atoms. The summed E-state index contributed by atoms with van der Waals surface area (Å²) in [6.45, 7) is 2.78. The van der Waals surface area contributed by atoms with Crippen molar-refractivity contribution in [3.05, 3.63) is 34.3 Å². The summed E-state index contributed by atoms with van der Waals surface area (Å²) in [5.41, 5.74) is 2.14. The number of hydrogen-bond donors (Lipinski definition) is 2. The normalized spacial score (nSPS) is 8.53. The maximum absolute atomic E-state index is 10.7. The van der Waals surface area contributed by atoms with Crippen LogP contribution < -0.4 is 5.48 Å². The van der Waals surface area contributed by atoms with Crippen molar-refractivity contribution in [3.8, 4) is 0 Å². The van der Waals surface area contributed by atoms with Gasteiger partial charge in [0, 0.05) is 17.0 Å². The quantitative estimate of drug-likeness (QED) is 0.468. The summed E-state index contributed by atoms with van der Waals surface area (Å²) in [5, 5.41) is 7.54. The largest absolute Gasteiger partial charge is 0.295 e. The van der Waals surface area contributed by atoms with E-state index in [9.17, 15) is 9.59 Å². The van der Waals surface area contributed by atoms with E-state index in [1.807, 2.05) is 12.1 Å². The molecule has 4 nitrogen and oxygen atoms in total. The number of hydrogen-bond acceptors (Lipinski definition) is 3. The molecule has 0 fully saturated rings. The Labute approximate surface area is 96.4 Å². The Hall–Kier alpha value is -1.20. The van der Waals surface area contributed by atoms with Crippen LogP contribution in [0.25, 0.3) is 0 Å². The average molecular weight is 274 g/mol. The molecule has 0 aliphatic rings. The molecule has 1 aromatic carbocycles. The molecular weight excluding hydrogens is 262 g/mol. The van der Waals surface area contributed by atoms with E-state index < -0.39 is 5.91 Å². The van der Waals surface area contributed by atoms with Gasteiger partial charge in [0.1, 0.15) is 0 Å². The van der Waals surface area contributed by atoms with Crippen molar-refractivity contribution < 1.29 is 14.8 Å². The van der Waals surface area contributed by atoms with Crippen molar-refractivity contribution in [3.63, 3.8) is 0 Å². The van der Waals surface area contributed by atoms with Gasteiger partial charge in [0.25, 0.3) is 0 Å². The molecule has 0 saturated carbocycles. The molecule has 5 heteroatoms. The summed E-state index contributed by atoms with van der Waals surface area (Å²) in [6, 6.07) is 7.31. The van der Waals surface area contributed by atoms with Crippen LogP contribution in [-0.4, -0.2) is 16.9 Å². The third kappa shape index (κ3) is 6.82. The number of nitrogens with one attached hydrogen (secondary N) is 1. The molecule has 0 aliphatic heterocycles. The number of ketones is 1. The van der Waals surface area contributed by atoms with E-state index in [2.05, 4.69) is 15.9 Å². The van der Waals surface area contributed by atoms with Crippen molar-refractivity contribution >= 4 is 27.6 Å². The first kappa shape index (κ1) is 13.8. The Kier molecular flexibility index (Phi) is 6.57. The van der Waals surface area contributed by atoms with E-state index in [1.54, 1.807) is 19.1 Å². The predicted molar refractivity (Wildman–Crippen MR) is 59.7 cm³/mol. The zero-order chi connectivity index (χ0) is 11.8. The molecule has 0 unspecified atom stereocenters. The van der Waals surface area contributed by atoms with Crippen molar-refractivity contribution in [2.24, 2.45) is 0 Å². The number of amides is 1. The van der Waals surface area contributed by atoms with Gasteiger partial charge in [-0.3, -0.25) is 14.8 Å². The maximum Gasteiger partial charge on any atom is 0.240 e. The van der Waals surface area contributed by atoms with E-state index in [0.29, 0.717) is 0 Å². The van der Waals surface area contributed by atoms with Crippen LogP contribution in [0.2, 0.25) is 0 Å². The first-order chi connectivity index (χ1) is 6.97. The highest BCUT2D eigenvalue weighted by molar-refractivity contribution is 9.10. The minimum Gasteiger partial charge on any atom is -0.295 e. The maximum atomic E-state index is 10.7. The fraction of sp³-hybridized carbons (Fsp3) is 0.200. The number of benzene rings is 1. The first-order valence-corrected chi connectivity index (χ1v) is 4.94. The molecule has 0 saturated heterocycles. The molecule has 1 amide bonds. The highest BCUT2D eigenvalue weighted by Gasteiger charge is 1.95. The fourth-order valence-corrected chi connectivity index (χ4v) is 0.949. The third-order valence-electron chi connectivity index (χ3n) is 1.41. The lowest BCUT2D eigenvalue weighted by molar-refractivity contribution is -0.126. The Morgan fingerprint density at radius 3 is 1.87 bits per heavy atom. The van der Waals surface area contributed by atoms with Crippen LogP contribution >= 0.6 is 15.9 Å². The van der Waals surface area contributed by atoms with Crippen molar-refractivity contribution in [2.75, 3.05) is 0 Å². The number of Topliss-reactive ketones (excluding diaryl/α,β-unsaturated/α-hetero) is 1. The standard InChI is InChI=1S/C8H7BrO.C2H5NO2/c1-6(10)7-2-4-8(9)5-3-7;1-2(4)3-5/h2-5H,1H3;5H,1H3,(H,3,4). The SMILES string of the molecule is CC(=O)NO.CC(=O)c1ccc(Br)cc1. The lowest BCUT2D eigenvalue weighted by atomic mass is 10.2. The second-order valence-electron chi connectivity index (χ2n) is 2.73. The van der Waals surface area contributed by atoms with Crippen LogP contribution in [0.1, 0.15) is 24.2 Å². The van der Waals surface area contributed by atoms with E-state index in [1.165, 1.54) is 12.4 Å². The van der Waals surface area contributed by atoms with Crippen LogP contribution in [0, 0.1) is 0 Å². The van der Waals surface area contributed by atoms with E-state index >= 15 is 0 Å². The zero-order valence-corrected chi connectivity index (χ0v) is 10.0. The number of rotatable bonds is 1. The highest BCUT2D eigenvalue weighted by atomic mass is 79.9. The zero-order valence-electron chi connectivity index (χ0n) is 8.45. The van der Waals surface area contributed by atoms with Gasteiger partial charge in [-0.05, 0) is 19.1 Å². The fourth-order valence-electron chi connectivity index (χ4n) is 0.685. The van der Waals surface area contributed by atoms with E-state index in [-0.39, 0.29) is 5.78 Å². The topological polar surface area (TPSA) is 66.4 Å². The lowest BCUT2D eigenvalue weighted by Crippen LogP contribution is -2.12. The van der Waals surface area contributed by atoms with Gasteiger partial charge in [0.05, 0.1) is 0 Å². The summed E-state index contributed by atoms with van der Waals surface area (Å²) in [4.78, 5) is 20.2. The van der Waals surface area contributed by atoms with Gasteiger partial charge in [-0.2, -0.15) is 0 Å². The van der Waals surface area contributed by atoms with Gasteiger partial charge in [0.15, 0.2) is 5.78 Å². The van der Waals surface area contributed by atoms with Crippen molar-refractivity contribution in [1.29, 1.82) is 0 Å². The molecule has 0 aliphatic carbocycles. The number of hydroxylamine groups is 1. The molecule has 0 radical (unpaired) electrons. The summed E-state index contributed by atoms with van der Waals surface area (Å²) in [7, 11) is 0. The lowest BCUT2D eigenvalue weighted by Gasteiger charge is -1.92. The Bertz CT molecular complexity index is 335. The van der Waals surface area contributed by atoms with Gasteiger partial charge >= 0.3 is 0 Å². The molecule has 0 bridgehead atoms. The van der Waals surface area contributed by atoms with Gasteiger partial charge < -0.3 is 0 Å². The third-order valence-corrected chi connectivity index (χ3v) is 1.94. The Balaban J connectivity index is 0.000000336. The van der Waals surface area contributed by atoms with Crippen molar-refractivity contribution in [2.45, 2.75) is 13.8 Å². The van der Waals surface area contributed by atoms with Crippen LogP contribution in [0.3, 0.4) is 0 Å². The molecule has 0 heterocycles. The predicted octanol–water partition coefficient (Wildman–Crippen LogP) is 2.16. The van der Waals surface area contributed by atoms with Crippen LogP contribution in [-0.2, 0) is 4.79 Å². The average Bonchev–Trinajstić information content (AvgIpc) is 2.19. The van der Waals surface area contributed by atoms with Gasteiger partial charge in [0.2, 0.25) is 5.91 Å². The highest BCUT2D eigenvalue weighted by Crippen LogP contribution is 2.10. The molecule has 0 atom stereocenters. The molecule has 1 aromatic rings. The molecule has 2 N–H and O–H groups in total. The Morgan fingerprint density at radius 2 is 1.60 bits per heavy atom. The summed E-state index contributed by atoms with van der Waals surface area (Å²) in [5.74, 6) is -0.336. The minimum absolute atomic E-state index is 0.104. The second kappa shape index (κ2) is 7.14. The summed E-state index contributed by atoms with van der Waals surface area (Å²) in [6.07, 6.45) is 0. The van der Waals surface area contributed by atoms with E-state index in [0.717, 1.165) is 10.0 Å². The van der Waals surface area contributed by atoms with Crippen molar-refractivity contribution in [1.82, 2.24) is 5.48 Å². The van der Waals surface area contributed by atoms with Crippen LogP contribution in [0.4, 0.5) is 0 Å². The van der Waals surface area contributed by atoms with Gasteiger partial charge in [-0.1, -0.05) is 28.1 Å². The monoisotopic (exact) mass is 273 g/mol. The molecule has 0 aromatic heterocycles. The molecule has 82 valence electrons. The van der Waals surface area contributed by atoms with Gasteiger partial charge in [-0.15, -0.1) is 0 Å². The first-order valence-electron chi connectivity index (χ1n) is 4.14. The smallest absolute Gasteiger partial charge is 0.240 e. The summed E-state index contributed by atoms with van der Waals surface area (Å²) >= 11 is 3.28. The number of halogens is 1. The van der Waals surface area contributed by atoms with Crippen LogP contribution in [0.5, 0.6) is 0 Å². The molecular formula is C10H12BrNO3.